The second kappa shape index (κ2) is 8.86. The monoisotopic (exact) mass is 424 g/mol. The Morgan fingerprint density at radius 3 is 2.29 bits per heavy atom. The maximum atomic E-state index is 13.7. The summed E-state index contributed by atoms with van der Waals surface area (Å²) in [6, 6.07) is 12.5. The summed E-state index contributed by atoms with van der Waals surface area (Å²) in [6.45, 7) is 1.40. The number of rotatable bonds is 5. The van der Waals surface area contributed by atoms with Crippen LogP contribution in [0.4, 0.5) is 10.1 Å². The quantitative estimate of drug-likeness (QED) is 0.682. The van der Waals surface area contributed by atoms with Crippen molar-refractivity contribution in [3.8, 4) is 0 Å². The Morgan fingerprint density at radius 1 is 0.903 bits per heavy atom. The first-order valence-electron chi connectivity index (χ1n) is 9.84. The van der Waals surface area contributed by atoms with E-state index in [1.54, 1.807) is 46.3 Å². The van der Waals surface area contributed by atoms with Crippen LogP contribution in [0.15, 0.2) is 65.4 Å². The molecular weight excluding hydrogens is 403 g/mol. The van der Waals surface area contributed by atoms with Crippen LogP contribution in [0.1, 0.15) is 21.0 Å². The topological polar surface area (TPSA) is 87.8 Å². The predicted octanol–water partition coefficient (Wildman–Crippen LogP) is 2.46. The number of nitrogens with one attached hydrogen (secondary N) is 1. The molecule has 4 rings (SSSR count). The van der Waals surface area contributed by atoms with Crippen molar-refractivity contribution in [3.63, 3.8) is 0 Å². The number of halogens is 1. The number of anilines is 1. The van der Waals surface area contributed by atoms with Crippen molar-refractivity contribution < 1.29 is 23.2 Å². The summed E-state index contributed by atoms with van der Waals surface area (Å²) in [5.41, 5.74) is 0.444. The van der Waals surface area contributed by atoms with Gasteiger partial charge in [-0.2, -0.15) is 0 Å². The first kappa shape index (κ1) is 20.4. The van der Waals surface area contributed by atoms with Gasteiger partial charge in [-0.25, -0.2) is 4.39 Å². The smallest absolute Gasteiger partial charge is 0.289 e. The summed E-state index contributed by atoms with van der Waals surface area (Å²) in [5.74, 6) is -1.13. The first-order valence-corrected chi connectivity index (χ1v) is 9.84. The third kappa shape index (κ3) is 4.50. The zero-order valence-electron chi connectivity index (χ0n) is 16.7. The molecule has 1 aliphatic heterocycles. The van der Waals surface area contributed by atoms with Crippen molar-refractivity contribution in [2.45, 2.75) is 6.54 Å². The molecule has 3 aromatic rings. The van der Waals surface area contributed by atoms with E-state index >= 15 is 0 Å². The van der Waals surface area contributed by atoms with Gasteiger partial charge in [0.1, 0.15) is 18.1 Å². The number of furan rings is 1. The Morgan fingerprint density at radius 2 is 1.61 bits per heavy atom. The molecule has 31 heavy (non-hydrogen) atoms. The van der Waals surface area contributed by atoms with Gasteiger partial charge in [-0.1, -0.05) is 12.1 Å². The number of benzene rings is 1. The second-order valence-corrected chi connectivity index (χ2v) is 7.11. The maximum absolute atomic E-state index is 13.7. The lowest BCUT2D eigenvalue weighted by Gasteiger charge is -2.34. The van der Waals surface area contributed by atoms with E-state index in [2.05, 4.69) is 5.32 Å². The van der Waals surface area contributed by atoms with E-state index in [-0.39, 0.29) is 29.8 Å². The minimum atomic E-state index is -0.526. The van der Waals surface area contributed by atoms with Crippen LogP contribution in [0.2, 0.25) is 0 Å². The van der Waals surface area contributed by atoms with Gasteiger partial charge < -0.3 is 24.1 Å². The molecule has 1 N–H and O–H groups in total. The standard InChI is InChI=1S/C22H21FN4O4/c23-16-5-1-2-6-17(16)24-20(28)15-27-9-3-7-18(27)21(29)25-10-12-26(13-11-25)22(30)19-8-4-14-31-19/h1-9,14H,10-13,15H2,(H,24,28). The number of hydrogen-bond donors (Lipinski definition) is 1. The summed E-state index contributed by atoms with van der Waals surface area (Å²) < 4.78 is 20.4. The molecule has 0 saturated carbocycles. The Balaban J connectivity index is 1.36. The van der Waals surface area contributed by atoms with Crippen LogP contribution in [0.3, 0.4) is 0 Å². The van der Waals surface area contributed by atoms with Gasteiger partial charge in [-0.3, -0.25) is 14.4 Å². The van der Waals surface area contributed by atoms with Crippen LogP contribution in [0.25, 0.3) is 0 Å². The van der Waals surface area contributed by atoms with Gasteiger partial charge in [0.05, 0.1) is 12.0 Å². The highest BCUT2D eigenvalue weighted by molar-refractivity contribution is 5.95. The number of carbonyl (C=O) groups excluding carboxylic acids is 3. The SMILES string of the molecule is O=C(Cn1cccc1C(=O)N1CCN(C(=O)c2ccco2)CC1)Nc1ccccc1F. The van der Waals surface area contributed by atoms with Gasteiger partial charge in [0.2, 0.25) is 5.91 Å². The number of amides is 3. The molecule has 160 valence electrons. The maximum Gasteiger partial charge on any atom is 0.289 e. The van der Waals surface area contributed by atoms with E-state index in [4.69, 9.17) is 4.42 Å². The zero-order chi connectivity index (χ0) is 21.8. The second-order valence-electron chi connectivity index (χ2n) is 7.11. The molecule has 0 radical (unpaired) electrons. The van der Waals surface area contributed by atoms with E-state index in [0.29, 0.717) is 31.9 Å². The first-order chi connectivity index (χ1) is 15.0. The number of nitrogens with zero attached hydrogens (tertiary/aromatic N) is 3. The summed E-state index contributed by atoms with van der Waals surface area (Å²) in [5, 5.41) is 2.51. The molecule has 3 amide bonds. The summed E-state index contributed by atoms with van der Waals surface area (Å²) in [7, 11) is 0. The highest BCUT2D eigenvalue weighted by atomic mass is 19.1. The van der Waals surface area contributed by atoms with Crippen molar-refractivity contribution in [1.82, 2.24) is 14.4 Å². The molecule has 8 nitrogen and oxygen atoms in total. The molecule has 1 saturated heterocycles. The zero-order valence-corrected chi connectivity index (χ0v) is 16.7. The molecule has 0 atom stereocenters. The van der Waals surface area contributed by atoms with Crippen molar-refractivity contribution in [2.24, 2.45) is 0 Å². The van der Waals surface area contributed by atoms with Crippen molar-refractivity contribution in [3.05, 3.63) is 78.3 Å². The molecule has 1 fully saturated rings. The number of para-hydroxylation sites is 1. The lowest BCUT2D eigenvalue weighted by Crippen LogP contribution is -2.50. The van der Waals surface area contributed by atoms with E-state index < -0.39 is 11.7 Å². The Kier molecular flexibility index (Phi) is 5.83. The summed E-state index contributed by atoms with van der Waals surface area (Å²) in [4.78, 5) is 41.0. The molecule has 2 aromatic heterocycles. The summed E-state index contributed by atoms with van der Waals surface area (Å²) in [6.07, 6.45) is 3.08. The van der Waals surface area contributed by atoms with E-state index in [1.807, 2.05) is 0 Å². The van der Waals surface area contributed by atoms with Gasteiger partial charge >= 0.3 is 0 Å². The van der Waals surface area contributed by atoms with Crippen LogP contribution in [0.5, 0.6) is 0 Å². The Hall–Kier alpha value is -3.88. The Bertz CT molecular complexity index is 1080. The average molecular weight is 424 g/mol. The van der Waals surface area contributed by atoms with E-state index in [9.17, 15) is 18.8 Å². The molecular formula is C22H21FN4O4. The van der Waals surface area contributed by atoms with Gasteiger partial charge in [0, 0.05) is 32.4 Å². The van der Waals surface area contributed by atoms with Crippen molar-refractivity contribution >= 4 is 23.4 Å². The molecule has 9 heteroatoms. The van der Waals surface area contributed by atoms with Crippen LogP contribution in [-0.4, -0.2) is 58.3 Å². The predicted molar refractivity (Wildman–Crippen MR) is 110 cm³/mol. The number of piperazine rings is 1. The normalized spacial score (nSPS) is 13.8. The third-order valence-electron chi connectivity index (χ3n) is 5.10. The largest absolute Gasteiger partial charge is 0.459 e. The highest BCUT2D eigenvalue weighted by Crippen LogP contribution is 2.15. The lowest BCUT2D eigenvalue weighted by molar-refractivity contribution is -0.116. The van der Waals surface area contributed by atoms with E-state index in [1.165, 1.54) is 29.0 Å². The van der Waals surface area contributed by atoms with Crippen LogP contribution < -0.4 is 5.32 Å². The number of hydrogen-bond acceptors (Lipinski definition) is 4. The van der Waals surface area contributed by atoms with Crippen LogP contribution in [-0.2, 0) is 11.3 Å². The fraction of sp³-hybridized carbons (Fsp3) is 0.227. The molecule has 1 aromatic carbocycles. The minimum absolute atomic E-state index is 0.0879. The fourth-order valence-corrected chi connectivity index (χ4v) is 3.48. The minimum Gasteiger partial charge on any atom is -0.459 e. The number of carbonyl (C=O) groups is 3. The molecule has 0 bridgehead atoms. The third-order valence-corrected chi connectivity index (χ3v) is 5.10. The highest BCUT2D eigenvalue weighted by Gasteiger charge is 2.28. The van der Waals surface area contributed by atoms with Crippen molar-refractivity contribution in [2.75, 3.05) is 31.5 Å². The van der Waals surface area contributed by atoms with Gasteiger partial charge in [-0.05, 0) is 36.4 Å². The number of aromatic nitrogens is 1. The molecule has 1 aliphatic rings. The summed E-state index contributed by atoms with van der Waals surface area (Å²) >= 11 is 0. The van der Waals surface area contributed by atoms with Crippen molar-refractivity contribution in [1.29, 1.82) is 0 Å². The van der Waals surface area contributed by atoms with E-state index in [0.717, 1.165) is 0 Å². The Labute approximate surface area is 177 Å². The average Bonchev–Trinajstić information content (AvgIpc) is 3.47. The molecule has 0 spiro atoms. The van der Waals surface area contributed by atoms with Gasteiger partial charge in [0.25, 0.3) is 11.8 Å². The van der Waals surface area contributed by atoms with Gasteiger partial charge in [0.15, 0.2) is 5.76 Å². The molecule has 0 aliphatic carbocycles. The molecule has 3 heterocycles. The van der Waals surface area contributed by atoms with Crippen LogP contribution >= 0.6 is 0 Å². The lowest BCUT2D eigenvalue weighted by atomic mass is 10.2. The molecule has 0 unspecified atom stereocenters. The van der Waals surface area contributed by atoms with Crippen LogP contribution in [0, 0.1) is 5.82 Å². The fourth-order valence-electron chi connectivity index (χ4n) is 3.48. The van der Waals surface area contributed by atoms with Gasteiger partial charge in [-0.15, -0.1) is 0 Å².